The van der Waals surface area contributed by atoms with E-state index in [-0.39, 0.29) is 60.7 Å². The second kappa shape index (κ2) is 18.6. The highest BCUT2D eigenvalue weighted by molar-refractivity contribution is 7.13. The Bertz CT molecular complexity index is 2690. The molecule has 4 atom stereocenters. The van der Waals surface area contributed by atoms with E-state index >= 15 is 4.39 Å². The Hall–Kier alpha value is -6.60. The van der Waals surface area contributed by atoms with Gasteiger partial charge in [-0.1, -0.05) is 24.3 Å². The van der Waals surface area contributed by atoms with E-state index in [0.29, 0.717) is 79.6 Å². The molecule has 3 saturated heterocycles. The molecular weight excluding hydrogens is 886 g/mol. The SMILES string of the molecule is O=C1CCC(Nc2ccc(C3CCN(CC(=O)N4CCN(c5ccc(-c6cc(F)c7c(c6)C(=O)N(C(C(=O)Nc6nccs6)c6ncn8c6CCC8)C7)cc5)CC4)C(C(F)F)C3)cc2)C(=O)N1. The summed E-state index contributed by atoms with van der Waals surface area (Å²) >= 11 is 1.26. The van der Waals surface area contributed by atoms with Gasteiger partial charge in [0.25, 0.3) is 18.2 Å². The number of amides is 5. The zero-order chi connectivity index (χ0) is 46.3. The number of anilines is 3. The van der Waals surface area contributed by atoms with E-state index in [1.807, 2.05) is 53.1 Å². The molecule has 5 aromatic rings. The van der Waals surface area contributed by atoms with Gasteiger partial charge in [0.1, 0.15) is 11.9 Å². The molecule has 0 spiro atoms. The predicted octanol–water partition coefficient (Wildman–Crippen LogP) is 5.81. The summed E-state index contributed by atoms with van der Waals surface area (Å²) < 4.78 is 47.0. The molecule has 10 rings (SSSR count). The molecule has 3 N–H and O–H groups in total. The number of thiazole rings is 1. The number of halogens is 3. The highest BCUT2D eigenvalue weighted by Crippen LogP contribution is 2.39. The summed E-state index contributed by atoms with van der Waals surface area (Å²) in [6.07, 6.45) is 3.74. The number of carbonyl (C=O) groups is 5. The number of imide groups is 1. The van der Waals surface area contributed by atoms with Crippen LogP contribution < -0.4 is 20.9 Å². The zero-order valence-corrected chi connectivity index (χ0v) is 37.3. The van der Waals surface area contributed by atoms with Crippen LogP contribution in [0, 0.1) is 5.82 Å². The van der Waals surface area contributed by atoms with Crippen molar-refractivity contribution in [3.8, 4) is 11.1 Å². The van der Waals surface area contributed by atoms with Gasteiger partial charge in [-0.15, -0.1) is 11.3 Å². The molecule has 15 nitrogen and oxygen atoms in total. The van der Waals surface area contributed by atoms with Crippen LogP contribution in [0.5, 0.6) is 0 Å². The van der Waals surface area contributed by atoms with Gasteiger partial charge in [0.2, 0.25) is 17.7 Å². The largest absolute Gasteiger partial charge is 0.374 e. The van der Waals surface area contributed by atoms with Crippen molar-refractivity contribution in [2.75, 3.05) is 54.8 Å². The van der Waals surface area contributed by atoms with E-state index in [1.165, 1.54) is 22.3 Å². The molecule has 0 bridgehead atoms. The minimum absolute atomic E-state index is 0.0885. The summed E-state index contributed by atoms with van der Waals surface area (Å²) in [7, 11) is 0. The first-order chi connectivity index (χ1) is 32.5. The van der Waals surface area contributed by atoms with Gasteiger partial charge in [-0.05, 0) is 97.7 Å². The van der Waals surface area contributed by atoms with Gasteiger partial charge in [0.15, 0.2) is 11.2 Å². The van der Waals surface area contributed by atoms with Crippen LogP contribution in [0.4, 0.5) is 29.7 Å². The summed E-state index contributed by atoms with van der Waals surface area (Å²) in [5, 5.41) is 10.4. The number of rotatable bonds is 12. The number of benzene rings is 3. The number of hydrogen-bond donors (Lipinski definition) is 3. The minimum atomic E-state index is -2.62. The standard InChI is InChI=1S/C48H49F3N10O5S/c49-36-23-31(22-34-35(36)25-61(47(34)66)43(46(65)56-48-52-14-21-67-48)42-38-2-1-15-60(38)27-53-42)29-5-9-33(10-6-29)57-17-19-58(20-18-57)41(63)26-59-16-13-30(24-39(59)44(50)51)28-3-7-32(8-4-28)54-37-11-12-40(62)55-45(37)64/h3-10,14,21-23,27,30,37,39,43-44,54H,1-2,11-13,15-20,24-26H2,(H,52,56,65)(H,55,62,64). The molecule has 5 aliphatic heterocycles. The first-order valence-corrected chi connectivity index (χ1v) is 23.6. The number of carbonyl (C=O) groups excluding carboxylic acids is 5. The number of alkyl halides is 2. The average molecular weight is 935 g/mol. The van der Waals surface area contributed by atoms with Crippen molar-refractivity contribution in [2.24, 2.45) is 0 Å². The predicted molar refractivity (Wildman–Crippen MR) is 244 cm³/mol. The average Bonchev–Trinajstić information content (AvgIpc) is 4.16. The number of aryl methyl sites for hydroxylation is 1. The van der Waals surface area contributed by atoms with Crippen molar-refractivity contribution in [1.29, 1.82) is 0 Å². The molecule has 2 aromatic heterocycles. The number of imidazole rings is 1. The molecule has 5 amide bonds. The molecule has 0 radical (unpaired) electrons. The van der Waals surface area contributed by atoms with Crippen molar-refractivity contribution in [3.63, 3.8) is 0 Å². The molecule has 4 unspecified atom stereocenters. The number of hydrogen-bond acceptors (Lipinski definition) is 11. The smallest absolute Gasteiger partial charge is 0.255 e. The summed E-state index contributed by atoms with van der Waals surface area (Å²) in [6.45, 7) is 2.87. The van der Waals surface area contributed by atoms with Gasteiger partial charge in [0, 0.05) is 78.9 Å². The Morgan fingerprint density at radius 3 is 2.42 bits per heavy atom. The van der Waals surface area contributed by atoms with E-state index < -0.39 is 42.2 Å². The topological polar surface area (TPSA) is 165 Å². The van der Waals surface area contributed by atoms with Crippen molar-refractivity contribution < 1.29 is 37.1 Å². The molecule has 0 aliphatic carbocycles. The van der Waals surface area contributed by atoms with Crippen LogP contribution in [0.3, 0.4) is 0 Å². The molecule has 3 aromatic carbocycles. The van der Waals surface area contributed by atoms with E-state index in [2.05, 4.69) is 30.8 Å². The summed E-state index contributed by atoms with van der Waals surface area (Å²) in [5.74, 6) is -2.42. The Kier molecular flexibility index (Phi) is 12.3. The van der Waals surface area contributed by atoms with Crippen molar-refractivity contribution in [1.82, 2.24) is 34.6 Å². The van der Waals surface area contributed by atoms with Crippen molar-refractivity contribution in [2.45, 2.75) is 82.1 Å². The van der Waals surface area contributed by atoms with Gasteiger partial charge >= 0.3 is 0 Å². The third kappa shape index (κ3) is 9.01. The Morgan fingerprint density at radius 1 is 0.896 bits per heavy atom. The van der Waals surface area contributed by atoms with Crippen molar-refractivity contribution in [3.05, 3.63) is 112 Å². The lowest BCUT2D eigenvalue weighted by molar-refractivity contribution is -0.135. The molecule has 19 heteroatoms. The number of nitrogens with one attached hydrogen (secondary N) is 3. The maximum absolute atomic E-state index is 16.0. The van der Waals surface area contributed by atoms with Crippen LogP contribution in [0.2, 0.25) is 0 Å². The third-order valence-electron chi connectivity index (χ3n) is 13.8. The summed E-state index contributed by atoms with van der Waals surface area (Å²) in [4.78, 5) is 80.8. The Labute approximate surface area is 388 Å². The van der Waals surface area contributed by atoms with Gasteiger partial charge in [-0.3, -0.25) is 39.5 Å². The number of fused-ring (bicyclic) bond motifs is 2. The zero-order valence-electron chi connectivity index (χ0n) is 36.5. The third-order valence-corrected chi connectivity index (χ3v) is 14.5. The normalized spacial score (nSPS) is 21.3. The number of piperidine rings is 2. The Balaban J connectivity index is 0.743. The molecular formula is C48H49F3N10O5S. The van der Waals surface area contributed by atoms with Crippen LogP contribution in [-0.2, 0) is 38.7 Å². The minimum Gasteiger partial charge on any atom is -0.374 e. The number of aromatic nitrogens is 3. The van der Waals surface area contributed by atoms with E-state index in [0.717, 1.165) is 29.9 Å². The molecule has 3 fully saturated rings. The molecule has 0 saturated carbocycles. The highest BCUT2D eigenvalue weighted by Gasteiger charge is 2.43. The lowest BCUT2D eigenvalue weighted by Gasteiger charge is -2.41. The molecule has 348 valence electrons. The number of piperazine rings is 1. The molecule has 7 heterocycles. The van der Waals surface area contributed by atoms with Crippen molar-refractivity contribution >= 4 is 57.4 Å². The van der Waals surface area contributed by atoms with E-state index in [9.17, 15) is 32.8 Å². The quantitative estimate of drug-likeness (QED) is 0.130. The van der Waals surface area contributed by atoms with Crippen LogP contribution in [0.1, 0.15) is 76.9 Å². The fourth-order valence-corrected chi connectivity index (χ4v) is 10.7. The van der Waals surface area contributed by atoms with Crippen LogP contribution >= 0.6 is 11.3 Å². The van der Waals surface area contributed by atoms with Gasteiger partial charge in [-0.25, -0.2) is 23.1 Å². The monoisotopic (exact) mass is 934 g/mol. The van der Waals surface area contributed by atoms with Crippen LogP contribution in [0.25, 0.3) is 11.1 Å². The lowest BCUT2D eigenvalue weighted by atomic mass is 9.85. The van der Waals surface area contributed by atoms with Gasteiger partial charge in [-0.2, -0.15) is 0 Å². The second-order valence-corrected chi connectivity index (χ2v) is 18.7. The fourth-order valence-electron chi connectivity index (χ4n) is 10.2. The molecule has 5 aliphatic rings. The molecule has 67 heavy (non-hydrogen) atoms. The van der Waals surface area contributed by atoms with E-state index in [4.69, 9.17) is 0 Å². The van der Waals surface area contributed by atoms with Crippen LogP contribution in [0.15, 0.2) is 78.6 Å². The van der Waals surface area contributed by atoms with Gasteiger partial charge < -0.3 is 24.6 Å². The Morgan fingerprint density at radius 2 is 1.69 bits per heavy atom. The number of nitrogens with zero attached hydrogens (tertiary/aromatic N) is 7. The second-order valence-electron chi connectivity index (χ2n) is 17.8. The maximum atomic E-state index is 16.0. The van der Waals surface area contributed by atoms with Gasteiger partial charge in [0.05, 0.1) is 31.2 Å². The maximum Gasteiger partial charge on any atom is 0.255 e. The summed E-state index contributed by atoms with van der Waals surface area (Å²) in [5.41, 5.74) is 5.53. The fraction of sp³-hybridized carbons (Fsp3) is 0.396. The lowest BCUT2D eigenvalue weighted by Crippen LogP contribution is -2.54. The van der Waals surface area contributed by atoms with Crippen LogP contribution in [-0.4, -0.2) is 117 Å². The first-order valence-electron chi connectivity index (χ1n) is 22.7. The van der Waals surface area contributed by atoms with E-state index in [1.54, 1.807) is 33.8 Å². The number of likely N-dealkylation sites (tertiary alicyclic amines) is 1. The summed E-state index contributed by atoms with van der Waals surface area (Å²) in [6, 6.07) is 15.4. The highest BCUT2D eigenvalue weighted by atomic mass is 32.1. The first kappa shape index (κ1) is 44.2.